The molecule has 3 aromatic rings. The van der Waals surface area contributed by atoms with Crippen LogP contribution >= 0.6 is 23.1 Å². The molecular formula is C17H16N6O5S2. The minimum absolute atomic E-state index is 0.0113. The van der Waals surface area contributed by atoms with Crippen molar-refractivity contribution in [2.75, 3.05) is 0 Å². The van der Waals surface area contributed by atoms with E-state index in [9.17, 15) is 14.4 Å². The quantitative estimate of drug-likeness (QED) is 0.468. The molecule has 0 bridgehead atoms. The van der Waals surface area contributed by atoms with E-state index < -0.39 is 30.3 Å². The fourth-order valence-electron chi connectivity index (χ4n) is 2.25. The van der Waals surface area contributed by atoms with Crippen molar-refractivity contribution < 1.29 is 24.2 Å². The van der Waals surface area contributed by atoms with Crippen LogP contribution in [-0.4, -0.2) is 54.2 Å². The van der Waals surface area contributed by atoms with E-state index in [1.54, 1.807) is 35.8 Å². The van der Waals surface area contributed by atoms with Gasteiger partial charge >= 0.3 is 12.1 Å². The van der Waals surface area contributed by atoms with E-state index in [-0.39, 0.29) is 13.2 Å². The number of carbonyl (C=O) groups excluding carboxylic acids is 2. The predicted molar refractivity (Wildman–Crippen MR) is 105 cm³/mol. The Morgan fingerprint density at radius 2 is 2.07 bits per heavy atom. The number of carbonyl (C=O) groups is 3. The molecule has 0 saturated carbocycles. The number of ketones is 1. The fourth-order valence-corrected chi connectivity index (χ4v) is 3.68. The summed E-state index contributed by atoms with van der Waals surface area (Å²) in [5.41, 5.74) is 0.755. The number of carboxylic acid groups (broad SMARTS) is 1. The summed E-state index contributed by atoms with van der Waals surface area (Å²) in [5, 5.41) is 25.1. The topological polar surface area (TPSA) is 149 Å². The number of thiazole rings is 1. The molecule has 1 aromatic carbocycles. The lowest BCUT2D eigenvalue weighted by atomic mass is 10.1. The molecule has 0 saturated heterocycles. The maximum atomic E-state index is 12.5. The zero-order valence-electron chi connectivity index (χ0n) is 15.4. The minimum Gasteiger partial charge on any atom is -0.481 e. The number of hydrogen-bond donors (Lipinski definition) is 2. The van der Waals surface area contributed by atoms with Crippen LogP contribution in [0.4, 0.5) is 4.79 Å². The molecule has 1 amide bonds. The summed E-state index contributed by atoms with van der Waals surface area (Å²) in [4.78, 5) is 40.7. The number of alkyl carbamates (subject to hydrolysis) is 1. The van der Waals surface area contributed by atoms with E-state index in [1.165, 1.54) is 23.1 Å². The average Bonchev–Trinajstić information content (AvgIpc) is 3.39. The predicted octanol–water partition coefficient (Wildman–Crippen LogP) is 1.62. The molecule has 2 N–H and O–H groups in total. The van der Waals surface area contributed by atoms with Gasteiger partial charge in [0, 0.05) is 11.6 Å². The number of hydrogen-bond acceptors (Lipinski definition) is 10. The van der Waals surface area contributed by atoms with Crippen molar-refractivity contribution in [3.8, 4) is 0 Å². The fraction of sp³-hybridized carbons (Fsp3) is 0.235. The Kier molecular flexibility index (Phi) is 7.45. The maximum Gasteiger partial charge on any atom is 0.408 e. The van der Waals surface area contributed by atoms with Crippen molar-refractivity contribution in [1.82, 2.24) is 30.5 Å². The maximum absolute atomic E-state index is 12.5. The smallest absolute Gasteiger partial charge is 0.408 e. The van der Waals surface area contributed by atoms with Gasteiger partial charge in [0.05, 0.1) is 6.42 Å². The third-order valence-corrected chi connectivity index (χ3v) is 5.32. The summed E-state index contributed by atoms with van der Waals surface area (Å²) < 4.78 is 5.76. The van der Waals surface area contributed by atoms with Crippen LogP contribution in [0.3, 0.4) is 0 Å². The molecule has 13 heteroatoms. The number of aromatic nitrogens is 5. The van der Waals surface area contributed by atoms with Gasteiger partial charge in [-0.15, -0.1) is 21.5 Å². The number of aliphatic carboxylic acids is 1. The molecule has 1 atom stereocenters. The first-order valence-electron chi connectivity index (χ1n) is 8.56. The van der Waals surface area contributed by atoms with E-state index in [2.05, 4.69) is 25.7 Å². The van der Waals surface area contributed by atoms with E-state index in [0.29, 0.717) is 9.50 Å². The van der Waals surface area contributed by atoms with Gasteiger partial charge in [-0.05, 0) is 22.5 Å². The Bertz CT molecular complexity index is 995. The lowest BCUT2D eigenvalue weighted by Gasteiger charge is -2.15. The summed E-state index contributed by atoms with van der Waals surface area (Å²) in [6, 6.07) is 7.64. The van der Waals surface area contributed by atoms with E-state index in [1.807, 2.05) is 6.07 Å². The van der Waals surface area contributed by atoms with Crippen molar-refractivity contribution in [2.45, 2.75) is 35.1 Å². The number of carboxylic acids is 1. The first-order chi connectivity index (χ1) is 14.5. The highest BCUT2D eigenvalue weighted by Crippen LogP contribution is 2.25. The summed E-state index contributed by atoms with van der Waals surface area (Å²) >= 11 is 2.59. The summed E-state index contributed by atoms with van der Waals surface area (Å²) in [5.74, 6) is -1.85. The van der Waals surface area contributed by atoms with E-state index in [0.717, 1.165) is 10.4 Å². The number of nitrogens with zero attached hydrogens (tertiary/aromatic N) is 5. The van der Waals surface area contributed by atoms with Crippen LogP contribution in [0.25, 0.3) is 0 Å². The van der Waals surface area contributed by atoms with Crippen molar-refractivity contribution in [3.63, 3.8) is 0 Å². The van der Waals surface area contributed by atoms with Crippen molar-refractivity contribution in [3.05, 3.63) is 47.5 Å². The zero-order valence-corrected chi connectivity index (χ0v) is 17.0. The second kappa shape index (κ2) is 10.5. The highest BCUT2D eigenvalue weighted by Gasteiger charge is 2.25. The van der Waals surface area contributed by atoms with E-state index in [4.69, 9.17) is 9.84 Å². The summed E-state index contributed by atoms with van der Waals surface area (Å²) in [7, 11) is 0. The van der Waals surface area contributed by atoms with Gasteiger partial charge < -0.3 is 15.2 Å². The third kappa shape index (κ3) is 6.63. The molecule has 0 aliphatic heterocycles. The lowest BCUT2D eigenvalue weighted by molar-refractivity contribution is -0.139. The first-order valence-corrected chi connectivity index (χ1v) is 10.3. The lowest BCUT2D eigenvalue weighted by Crippen LogP contribution is -2.44. The number of benzene rings is 1. The molecule has 0 fully saturated rings. The number of ether oxygens (including phenoxy) is 1. The molecule has 0 aliphatic carbocycles. The van der Waals surface area contributed by atoms with Gasteiger partial charge in [0.2, 0.25) is 5.16 Å². The number of tetrazole rings is 1. The minimum atomic E-state index is -1.30. The SMILES string of the molecule is O=C(O)CC(NC(=O)OCc1ccccc1)C(=O)Cn1nnc(Sc2nccs2)n1. The van der Waals surface area contributed by atoms with Crippen LogP contribution in [0.2, 0.25) is 0 Å². The molecule has 2 heterocycles. The zero-order chi connectivity index (χ0) is 21.3. The Morgan fingerprint density at radius 1 is 1.27 bits per heavy atom. The Morgan fingerprint density at radius 3 is 2.77 bits per heavy atom. The Balaban J connectivity index is 1.56. The molecule has 2 aromatic heterocycles. The molecule has 0 spiro atoms. The van der Waals surface area contributed by atoms with Crippen LogP contribution in [-0.2, 0) is 27.5 Å². The molecule has 11 nitrogen and oxygen atoms in total. The molecular weight excluding hydrogens is 432 g/mol. The molecule has 0 aliphatic rings. The number of rotatable bonds is 10. The Hall–Kier alpha value is -3.32. The van der Waals surface area contributed by atoms with Gasteiger partial charge in [0.1, 0.15) is 19.2 Å². The monoisotopic (exact) mass is 448 g/mol. The molecule has 156 valence electrons. The standard InChI is InChI=1S/C17H16N6O5S2/c24-13(9-23-21-15(20-22-23)30-17-18-6-7-29-17)12(8-14(25)26)19-16(27)28-10-11-4-2-1-3-5-11/h1-7,12H,8-10H2,(H,19,27)(H,25,26). The van der Waals surface area contributed by atoms with Gasteiger partial charge in [-0.25, -0.2) is 9.78 Å². The Labute approximate surface area is 178 Å². The van der Waals surface area contributed by atoms with Crippen LogP contribution in [0.1, 0.15) is 12.0 Å². The third-order valence-electron chi connectivity index (χ3n) is 3.59. The van der Waals surface area contributed by atoms with Crippen LogP contribution in [0, 0.1) is 0 Å². The van der Waals surface area contributed by atoms with Crippen LogP contribution in [0.5, 0.6) is 0 Å². The van der Waals surface area contributed by atoms with Crippen molar-refractivity contribution in [2.24, 2.45) is 0 Å². The van der Waals surface area contributed by atoms with Gasteiger partial charge in [0.15, 0.2) is 10.1 Å². The largest absolute Gasteiger partial charge is 0.481 e. The van der Waals surface area contributed by atoms with Gasteiger partial charge in [0.25, 0.3) is 0 Å². The number of amides is 1. The second-order valence-corrected chi connectivity index (χ2v) is 7.93. The van der Waals surface area contributed by atoms with Crippen molar-refractivity contribution >= 4 is 40.9 Å². The highest BCUT2D eigenvalue weighted by molar-refractivity contribution is 8.00. The van der Waals surface area contributed by atoms with Crippen LogP contribution in [0.15, 0.2) is 51.4 Å². The average molecular weight is 448 g/mol. The molecule has 1 unspecified atom stereocenters. The second-order valence-electron chi connectivity index (χ2n) is 5.83. The van der Waals surface area contributed by atoms with Gasteiger partial charge in [-0.2, -0.15) is 4.80 Å². The number of Topliss-reactive ketones (excluding diaryl/α,β-unsaturated/α-hetero) is 1. The normalized spacial score (nSPS) is 11.6. The molecule has 3 rings (SSSR count). The first kappa shape index (κ1) is 21.4. The highest BCUT2D eigenvalue weighted by atomic mass is 32.2. The number of nitrogens with one attached hydrogen (secondary N) is 1. The van der Waals surface area contributed by atoms with E-state index >= 15 is 0 Å². The molecule has 0 radical (unpaired) electrons. The van der Waals surface area contributed by atoms with Gasteiger partial charge in [-0.3, -0.25) is 9.59 Å². The molecule has 30 heavy (non-hydrogen) atoms. The van der Waals surface area contributed by atoms with Crippen molar-refractivity contribution in [1.29, 1.82) is 0 Å². The summed E-state index contributed by atoms with van der Waals surface area (Å²) in [6.45, 7) is -0.370. The van der Waals surface area contributed by atoms with Crippen LogP contribution < -0.4 is 5.32 Å². The summed E-state index contributed by atoms with van der Waals surface area (Å²) in [6.07, 6.45) is 0.138. The van der Waals surface area contributed by atoms with Gasteiger partial charge in [-0.1, -0.05) is 30.3 Å².